The molecule has 1 atom stereocenters. The van der Waals surface area contributed by atoms with E-state index in [0.29, 0.717) is 29.7 Å². The predicted molar refractivity (Wildman–Crippen MR) is 109 cm³/mol. The SMILES string of the molecule is Fc1cccc(-c2noc(C3CCCN(Cc4ncc(-c5ccccc5)o4)C3)n2)c1. The van der Waals surface area contributed by atoms with E-state index >= 15 is 0 Å². The molecule has 0 spiro atoms. The second-order valence-corrected chi connectivity index (χ2v) is 7.53. The van der Waals surface area contributed by atoms with Crippen molar-refractivity contribution in [2.75, 3.05) is 13.1 Å². The number of halogens is 1. The summed E-state index contributed by atoms with van der Waals surface area (Å²) in [6, 6.07) is 16.2. The summed E-state index contributed by atoms with van der Waals surface area (Å²) >= 11 is 0. The Labute approximate surface area is 173 Å². The molecule has 1 aliphatic heterocycles. The van der Waals surface area contributed by atoms with Gasteiger partial charge in [0.25, 0.3) is 0 Å². The highest BCUT2D eigenvalue weighted by Crippen LogP contribution is 2.29. The lowest BCUT2D eigenvalue weighted by Gasteiger charge is -2.29. The van der Waals surface area contributed by atoms with E-state index in [1.165, 1.54) is 12.1 Å². The quantitative estimate of drug-likeness (QED) is 0.471. The van der Waals surface area contributed by atoms with Crippen LogP contribution in [0.25, 0.3) is 22.7 Å². The number of aromatic nitrogens is 3. The first kappa shape index (κ1) is 18.7. The van der Waals surface area contributed by atoms with Gasteiger partial charge >= 0.3 is 0 Å². The van der Waals surface area contributed by atoms with Gasteiger partial charge in [-0.25, -0.2) is 9.37 Å². The number of oxazole rings is 1. The topological polar surface area (TPSA) is 68.2 Å². The average molecular weight is 404 g/mol. The summed E-state index contributed by atoms with van der Waals surface area (Å²) in [6.07, 6.45) is 3.77. The Morgan fingerprint density at radius 3 is 2.80 bits per heavy atom. The minimum absolute atomic E-state index is 0.136. The molecule has 0 aliphatic carbocycles. The van der Waals surface area contributed by atoms with Gasteiger partial charge in [-0.3, -0.25) is 4.90 Å². The summed E-state index contributed by atoms with van der Waals surface area (Å²) in [7, 11) is 0. The third kappa shape index (κ3) is 4.02. The second-order valence-electron chi connectivity index (χ2n) is 7.53. The minimum atomic E-state index is -0.316. The highest BCUT2D eigenvalue weighted by atomic mass is 19.1. The van der Waals surface area contributed by atoms with Gasteiger partial charge in [-0.1, -0.05) is 47.6 Å². The van der Waals surface area contributed by atoms with Gasteiger partial charge in [-0.2, -0.15) is 4.98 Å². The fraction of sp³-hybridized carbons (Fsp3) is 0.261. The van der Waals surface area contributed by atoms with Crippen molar-refractivity contribution in [3.63, 3.8) is 0 Å². The van der Waals surface area contributed by atoms with E-state index in [2.05, 4.69) is 20.0 Å². The molecule has 0 N–H and O–H groups in total. The van der Waals surface area contributed by atoms with Crippen LogP contribution in [0.4, 0.5) is 4.39 Å². The molecule has 2 aromatic carbocycles. The van der Waals surface area contributed by atoms with Crippen molar-refractivity contribution in [3.8, 4) is 22.7 Å². The molecule has 0 radical (unpaired) electrons. The molecule has 30 heavy (non-hydrogen) atoms. The highest BCUT2D eigenvalue weighted by molar-refractivity contribution is 5.56. The normalized spacial score (nSPS) is 17.3. The summed E-state index contributed by atoms with van der Waals surface area (Å²) < 4.78 is 24.9. The Kier molecular flexibility index (Phi) is 5.11. The Morgan fingerprint density at radius 2 is 1.93 bits per heavy atom. The number of benzene rings is 2. The lowest BCUT2D eigenvalue weighted by Crippen LogP contribution is -2.34. The van der Waals surface area contributed by atoms with Crippen LogP contribution in [0.15, 0.2) is 69.7 Å². The Bertz CT molecular complexity index is 1120. The van der Waals surface area contributed by atoms with Gasteiger partial charge in [0.1, 0.15) is 5.82 Å². The van der Waals surface area contributed by atoms with Crippen LogP contribution < -0.4 is 0 Å². The van der Waals surface area contributed by atoms with Crippen molar-refractivity contribution in [2.24, 2.45) is 0 Å². The van der Waals surface area contributed by atoms with E-state index in [0.717, 1.165) is 37.3 Å². The molecule has 4 aromatic rings. The number of likely N-dealkylation sites (tertiary alicyclic amines) is 1. The first-order valence-corrected chi connectivity index (χ1v) is 10.1. The molecule has 2 aromatic heterocycles. The van der Waals surface area contributed by atoms with Crippen LogP contribution >= 0.6 is 0 Å². The molecule has 0 saturated carbocycles. The zero-order valence-corrected chi connectivity index (χ0v) is 16.4. The van der Waals surface area contributed by atoms with Crippen molar-refractivity contribution in [3.05, 3.63) is 78.4 Å². The van der Waals surface area contributed by atoms with E-state index in [1.807, 2.05) is 30.3 Å². The lowest BCUT2D eigenvalue weighted by atomic mass is 9.98. The molecule has 1 fully saturated rings. The molecule has 1 saturated heterocycles. The third-order valence-electron chi connectivity index (χ3n) is 5.35. The second kappa shape index (κ2) is 8.20. The monoisotopic (exact) mass is 404 g/mol. The highest BCUT2D eigenvalue weighted by Gasteiger charge is 2.27. The minimum Gasteiger partial charge on any atom is -0.439 e. The van der Waals surface area contributed by atoms with E-state index in [1.54, 1.807) is 18.3 Å². The molecule has 0 bridgehead atoms. The first-order chi connectivity index (χ1) is 14.7. The molecule has 0 amide bonds. The fourth-order valence-corrected chi connectivity index (χ4v) is 3.86. The van der Waals surface area contributed by atoms with Crippen molar-refractivity contribution in [1.29, 1.82) is 0 Å². The van der Waals surface area contributed by atoms with Crippen LogP contribution in [0.1, 0.15) is 30.5 Å². The Hall–Kier alpha value is -3.32. The van der Waals surface area contributed by atoms with Gasteiger partial charge in [-0.05, 0) is 31.5 Å². The van der Waals surface area contributed by atoms with E-state index in [9.17, 15) is 4.39 Å². The van der Waals surface area contributed by atoms with Gasteiger partial charge in [0.2, 0.25) is 17.6 Å². The summed E-state index contributed by atoms with van der Waals surface area (Å²) in [5, 5.41) is 4.05. The molecule has 1 unspecified atom stereocenters. The van der Waals surface area contributed by atoms with Crippen molar-refractivity contribution >= 4 is 0 Å². The predicted octanol–water partition coefficient (Wildman–Crippen LogP) is 4.91. The van der Waals surface area contributed by atoms with Crippen LogP contribution in [-0.4, -0.2) is 33.1 Å². The van der Waals surface area contributed by atoms with Gasteiger partial charge < -0.3 is 8.94 Å². The van der Waals surface area contributed by atoms with E-state index in [-0.39, 0.29) is 11.7 Å². The van der Waals surface area contributed by atoms with Crippen LogP contribution in [0.3, 0.4) is 0 Å². The molecule has 1 aliphatic rings. The zero-order valence-electron chi connectivity index (χ0n) is 16.4. The summed E-state index contributed by atoms with van der Waals surface area (Å²) in [4.78, 5) is 11.3. The maximum atomic E-state index is 13.5. The third-order valence-corrected chi connectivity index (χ3v) is 5.35. The summed E-state index contributed by atoms with van der Waals surface area (Å²) in [6.45, 7) is 2.38. The fourth-order valence-electron chi connectivity index (χ4n) is 3.86. The molecular formula is C23H21FN4O2. The number of hydrogen-bond donors (Lipinski definition) is 0. The number of piperidine rings is 1. The molecule has 3 heterocycles. The number of nitrogens with zero attached hydrogens (tertiary/aromatic N) is 4. The molecule has 6 nitrogen and oxygen atoms in total. The van der Waals surface area contributed by atoms with Crippen LogP contribution in [0, 0.1) is 5.82 Å². The van der Waals surface area contributed by atoms with E-state index in [4.69, 9.17) is 8.94 Å². The van der Waals surface area contributed by atoms with Gasteiger partial charge in [0, 0.05) is 17.7 Å². The van der Waals surface area contributed by atoms with Crippen LogP contribution in [-0.2, 0) is 6.54 Å². The molecule has 5 rings (SSSR count). The van der Waals surface area contributed by atoms with Crippen molar-refractivity contribution < 1.29 is 13.3 Å². The van der Waals surface area contributed by atoms with E-state index < -0.39 is 0 Å². The average Bonchev–Trinajstić information content (AvgIpc) is 3.45. The zero-order chi connectivity index (χ0) is 20.3. The van der Waals surface area contributed by atoms with Gasteiger partial charge in [0.05, 0.1) is 18.7 Å². The summed E-state index contributed by atoms with van der Waals surface area (Å²) in [5.41, 5.74) is 1.63. The van der Waals surface area contributed by atoms with Gasteiger partial charge in [0.15, 0.2) is 5.76 Å². The first-order valence-electron chi connectivity index (χ1n) is 10.1. The summed E-state index contributed by atoms with van der Waals surface area (Å²) in [5.74, 6) is 2.30. The van der Waals surface area contributed by atoms with Crippen molar-refractivity contribution in [2.45, 2.75) is 25.3 Å². The van der Waals surface area contributed by atoms with Crippen LogP contribution in [0.2, 0.25) is 0 Å². The van der Waals surface area contributed by atoms with Crippen molar-refractivity contribution in [1.82, 2.24) is 20.0 Å². The molecule has 152 valence electrons. The maximum absolute atomic E-state index is 13.5. The lowest BCUT2D eigenvalue weighted by molar-refractivity contribution is 0.167. The largest absolute Gasteiger partial charge is 0.439 e. The molecular weight excluding hydrogens is 383 g/mol. The smallest absolute Gasteiger partial charge is 0.231 e. The number of hydrogen-bond acceptors (Lipinski definition) is 6. The Balaban J connectivity index is 1.26. The maximum Gasteiger partial charge on any atom is 0.231 e. The Morgan fingerprint density at radius 1 is 1.07 bits per heavy atom. The van der Waals surface area contributed by atoms with Crippen LogP contribution in [0.5, 0.6) is 0 Å². The molecule has 7 heteroatoms. The number of rotatable bonds is 5. The van der Waals surface area contributed by atoms with Gasteiger partial charge in [-0.15, -0.1) is 0 Å². The standard InChI is InChI=1S/C23H21FN4O2/c24-19-10-4-8-17(12-19)22-26-23(30-27-22)18-9-5-11-28(14-18)15-21-25-13-20(29-21)16-6-2-1-3-7-16/h1-4,6-8,10,12-13,18H,5,9,11,14-15H2.